The molecule has 21 heavy (non-hydrogen) atoms. The number of hydrogen-bond donors (Lipinski definition) is 2. The standard InChI is InChI=1S/C16H26N4O/c17-10-5-11-20(14-6-3-1-2-4-7-14)15-9-8-13(12-19-15)16(18)21/h8-9,12,14H,1-7,10-11,17H2,(H2,18,21). The fourth-order valence-corrected chi connectivity index (χ4v) is 3.02. The maximum Gasteiger partial charge on any atom is 0.250 e. The molecule has 0 saturated heterocycles. The van der Waals surface area contributed by atoms with Crippen LogP contribution in [-0.4, -0.2) is 30.0 Å². The Morgan fingerprint density at radius 1 is 1.24 bits per heavy atom. The zero-order chi connectivity index (χ0) is 15.1. The van der Waals surface area contributed by atoms with Crippen LogP contribution in [0.15, 0.2) is 18.3 Å². The molecule has 0 unspecified atom stereocenters. The Morgan fingerprint density at radius 2 is 1.95 bits per heavy atom. The third-order valence-electron chi connectivity index (χ3n) is 4.20. The molecule has 4 N–H and O–H groups in total. The predicted molar refractivity (Wildman–Crippen MR) is 85.3 cm³/mol. The van der Waals surface area contributed by atoms with Crippen molar-refractivity contribution in [3.63, 3.8) is 0 Å². The third-order valence-corrected chi connectivity index (χ3v) is 4.20. The summed E-state index contributed by atoms with van der Waals surface area (Å²) in [5, 5.41) is 0. The summed E-state index contributed by atoms with van der Waals surface area (Å²) in [7, 11) is 0. The molecule has 1 aromatic rings. The van der Waals surface area contributed by atoms with Crippen LogP contribution >= 0.6 is 0 Å². The van der Waals surface area contributed by atoms with E-state index in [1.165, 1.54) is 38.5 Å². The van der Waals surface area contributed by atoms with Crippen molar-refractivity contribution >= 4 is 11.7 Å². The summed E-state index contributed by atoms with van der Waals surface area (Å²) in [4.78, 5) is 18.0. The molecular weight excluding hydrogens is 264 g/mol. The van der Waals surface area contributed by atoms with E-state index in [0.717, 1.165) is 18.8 Å². The molecule has 2 rings (SSSR count). The molecule has 1 saturated carbocycles. The van der Waals surface area contributed by atoms with Gasteiger partial charge in [-0.1, -0.05) is 25.7 Å². The van der Waals surface area contributed by atoms with Crippen LogP contribution in [0.4, 0.5) is 5.82 Å². The van der Waals surface area contributed by atoms with E-state index in [-0.39, 0.29) is 0 Å². The van der Waals surface area contributed by atoms with Gasteiger partial charge in [0.25, 0.3) is 0 Å². The Labute approximate surface area is 126 Å². The molecule has 0 aromatic carbocycles. The van der Waals surface area contributed by atoms with Gasteiger partial charge in [-0.2, -0.15) is 0 Å². The second-order valence-corrected chi connectivity index (χ2v) is 5.75. The van der Waals surface area contributed by atoms with Crippen molar-refractivity contribution in [3.8, 4) is 0 Å². The first-order valence-electron chi connectivity index (χ1n) is 7.95. The molecule has 5 nitrogen and oxygen atoms in total. The number of nitrogens with zero attached hydrogens (tertiary/aromatic N) is 2. The Balaban J connectivity index is 2.15. The Morgan fingerprint density at radius 3 is 2.48 bits per heavy atom. The second-order valence-electron chi connectivity index (χ2n) is 5.75. The molecule has 116 valence electrons. The lowest BCUT2D eigenvalue weighted by molar-refractivity contribution is 0.1000. The predicted octanol–water partition coefficient (Wildman–Crippen LogP) is 2.06. The van der Waals surface area contributed by atoms with Crippen LogP contribution in [0, 0.1) is 0 Å². The highest BCUT2D eigenvalue weighted by Crippen LogP contribution is 2.25. The van der Waals surface area contributed by atoms with Gasteiger partial charge in [0.15, 0.2) is 0 Å². The summed E-state index contributed by atoms with van der Waals surface area (Å²) < 4.78 is 0. The fourth-order valence-electron chi connectivity index (χ4n) is 3.02. The van der Waals surface area contributed by atoms with Gasteiger partial charge in [0.2, 0.25) is 5.91 Å². The highest BCUT2D eigenvalue weighted by atomic mass is 16.1. The van der Waals surface area contributed by atoms with Crippen molar-refractivity contribution in [1.82, 2.24) is 4.98 Å². The van der Waals surface area contributed by atoms with Crippen molar-refractivity contribution < 1.29 is 4.79 Å². The van der Waals surface area contributed by atoms with E-state index in [9.17, 15) is 4.79 Å². The van der Waals surface area contributed by atoms with Crippen molar-refractivity contribution in [2.24, 2.45) is 11.5 Å². The fraction of sp³-hybridized carbons (Fsp3) is 0.625. The number of carbonyl (C=O) groups excluding carboxylic acids is 1. The van der Waals surface area contributed by atoms with E-state index >= 15 is 0 Å². The van der Waals surface area contributed by atoms with Gasteiger partial charge in [-0.05, 0) is 37.9 Å². The molecule has 0 aliphatic heterocycles. The van der Waals surface area contributed by atoms with Gasteiger partial charge >= 0.3 is 0 Å². The van der Waals surface area contributed by atoms with Crippen LogP contribution in [-0.2, 0) is 0 Å². The number of pyridine rings is 1. The summed E-state index contributed by atoms with van der Waals surface area (Å²) in [5.41, 5.74) is 11.4. The van der Waals surface area contributed by atoms with E-state index in [1.54, 1.807) is 12.3 Å². The van der Waals surface area contributed by atoms with Gasteiger partial charge in [-0.25, -0.2) is 4.98 Å². The van der Waals surface area contributed by atoms with E-state index in [0.29, 0.717) is 18.2 Å². The lowest BCUT2D eigenvalue weighted by Gasteiger charge is -2.32. The van der Waals surface area contributed by atoms with Gasteiger partial charge in [-0.15, -0.1) is 0 Å². The third kappa shape index (κ3) is 4.43. The van der Waals surface area contributed by atoms with Gasteiger partial charge < -0.3 is 16.4 Å². The van der Waals surface area contributed by atoms with Crippen LogP contribution in [0.3, 0.4) is 0 Å². The van der Waals surface area contributed by atoms with Crippen LogP contribution in [0.25, 0.3) is 0 Å². The lowest BCUT2D eigenvalue weighted by atomic mass is 10.1. The topological polar surface area (TPSA) is 85.2 Å². The molecule has 1 aliphatic carbocycles. The first kappa shape index (κ1) is 15.8. The number of primary amides is 1. The molecule has 0 bridgehead atoms. The van der Waals surface area contributed by atoms with E-state index < -0.39 is 5.91 Å². The average Bonchev–Trinajstić information content (AvgIpc) is 2.77. The monoisotopic (exact) mass is 290 g/mol. The van der Waals surface area contributed by atoms with Crippen LogP contribution in [0.2, 0.25) is 0 Å². The highest BCUT2D eigenvalue weighted by Gasteiger charge is 2.21. The molecule has 5 heteroatoms. The maximum absolute atomic E-state index is 11.2. The smallest absolute Gasteiger partial charge is 0.250 e. The molecule has 1 aromatic heterocycles. The first-order valence-corrected chi connectivity index (χ1v) is 7.95. The summed E-state index contributed by atoms with van der Waals surface area (Å²) in [5.74, 6) is 0.498. The molecule has 1 heterocycles. The van der Waals surface area contributed by atoms with E-state index in [4.69, 9.17) is 11.5 Å². The summed E-state index contributed by atoms with van der Waals surface area (Å²) in [6.07, 6.45) is 10.2. The number of carbonyl (C=O) groups is 1. The maximum atomic E-state index is 11.2. The van der Waals surface area contributed by atoms with Gasteiger partial charge in [-0.3, -0.25) is 4.79 Å². The highest BCUT2D eigenvalue weighted by molar-refractivity contribution is 5.92. The normalized spacial score (nSPS) is 16.4. The molecule has 1 aliphatic rings. The summed E-state index contributed by atoms with van der Waals surface area (Å²) in [6.45, 7) is 1.60. The number of amides is 1. The van der Waals surface area contributed by atoms with Crippen molar-refractivity contribution in [2.75, 3.05) is 18.0 Å². The zero-order valence-electron chi connectivity index (χ0n) is 12.6. The molecule has 0 spiro atoms. The Kier molecular flexibility index (Phi) is 5.99. The minimum Gasteiger partial charge on any atom is -0.366 e. The number of aromatic nitrogens is 1. The van der Waals surface area contributed by atoms with Crippen LogP contribution < -0.4 is 16.4 Å². The lowest BCUT2D eigenvalue weighted by Crippen LogP contribution is -2.37. The molecule has 1 amide bonds. The number of nitrogens with two attached hydrogens (primary N) is 2. The average molecular weight is 290 g/mol. The Hall–Kier alpha value is -1.62. The quantitative estimate of drug-likeness (QED) is 0.785. The van der Waals surface area contributed by atoms with Gasteiger partial charge in [0.05, 0.1) is 5.56 Å². The van der Waals surface area contributed by atoms with Crippen molar-refractivity contribution in [3.05, 3.63) is 23.9 Å². The largest absolute Gasteiger partial charge is 0.366 e. The van der Waals surface area contributed by atoms with Crippen molar-refractivity contribution in [2.45, 2.75) is 51.0 Å². The molecule has 1 fully saturated rings. The minimum absolute atomic E-state index is 0.433. The number of rotatable bonds is 6. The van der Waals surface area contributed by atoms with Gasteiger partial charge in [0.1, 0.15) is 5.82 Å². The van der Waals surface area contributed by atoms with E-state index in [2.05, 4.69) is 9.88 Å². The molecular formula is C16H26N4O. The van der Waals surface area contributed by atoms with Crippen LogP contribution in [0.5, 0.6) is 0 Å². The number of anilines is 1. The van der Waals surface area contributed by atoms with Crippen molar-refractivity contribution in [1.29, 1.82) is 0 Å². The summed E-state index contributed by atoms with van der Waals surface area (Å²) >= 11 is 0. The Bertz CT molecular complexity index is 438. The minimum atomic E-state index is -0.433. The summed E-state index contributed by atoms with van der Waals surface area (Å²) in [6, 6.07) is 4.20. The zero-order valence-corrected chi connectivity index (χ0v) is 12.6. The van der Waals surface area contributed by atoms with Crippen LogP contribution in [0.1, 0.15) is 55.3 Å². The SMILES string of the molecule is NCCCN(c1ccc(C(N)=O)cn1)C1CCCCCC1. The van der Waals surface area contributed by atoms with E-state index in [1.807, 2.05) is 6.07 Å². The molecule has 0 radical (unpaired) electrons. The second kappa shape index (κ2) is 7.98. The van der Waals surface area contributed by atoms with Gasteiger partial charge in [0, 0.05) is 18.8 Å². The first-order chi connectivity index (χ1) is 10.2. The molecule has 0 atom stereocenters. The number of hydrogen-bond acceptors (Lipinski definition) is 4.